The lowest BCUT2D eigenvalue weighted by molar-refractivity contribution is 0.117. The molecule has 1 fully saturated rings. The number of aliphatic hydroxyl groups is 1. The normalized spacial score (nSPS) is 17.4. The van der Waals surface area contributed by atoms with Gasteiger partial charge in [0, 0.05) is 0 Å². The highest BCUT2D eigenvalue weighted by atomic mass is 19.1. The van der Waals surface area contributed by atoms with Gasteiger partial charge in [0.05, 0.1) is 12.1 Å². The summed E-state index contributed by atoms with van der Waals surface area (Å²) in [5, 5.41) is 12.9. The van der Waals surface area contributed by atoms with Gasteiger partial charge in [-0.1, -0.05) is 64.8 Å². The third-order valence-electron chi connectivity index (χ3n) is 4.89. The number of halogens is 1. The van der Waals surface area contributed by atoms with Crippen molar-refractivity contribution in [1.82, 2.24) is 10.2 Å². The molecule has 1 aliphatic heterocycles. The van der Waals surface area contributed by atoms with E-state index in [9.17, 15) is 9.50 Å². The molecule has 1 aromatic carbocycles. The third kappa shape index (κ3) is 8.61. The van der Waals surface area contributed by atoms with Crippen LogP contribution in [0, 0.1) is 0 Å². The smallest absolute Gasteiger partial charge is 0.108 e. The number of hydrogen-bond acceptors (Lipinski definition) is 3. The summed E-state index contributed by atoms with van der Waals surface area (Å²) >= 11 is 0. The lowest BCUT2D eigenvalue weighted by Crippen LogP contribution is -2.34. The Morgan fingerprint density at radius 3 is 2.00 bits per heavy atom. The van der Waals surface area contributed by atoms with Gasteiger partial charge in [0.2, 0.25) is 0 Å². The predicted octanol–water partition coefficient (Wildman–Crippen LogP) is 4.92. The van der Waals surface area contributed by atoms with Crippen molar-refractivity contribution in [2.45, 2.75) is 71.4 Å². The van der Waals surface area contributed by atoms with Gasteiger partial charge in [0.15, 0.2) is 0 Å². The molecule has 0 radical (unpaired) electrons. The van der Waals surface area contributed by atoms with E-state index in [4.69, 9.17) is 0 Å². The molecule has 26 heavy (non-hydrogen) atoms. The molecule has 0 aliphatic carbocycles. The molecule has 0 spiro atoms. The molecule has 0 bridgehead atoms. The Balaban J connectivity index is 0.000000920. The standard InChI is InChI=1S/C16H25FN2O.C4H10.C2H6/c1-18-15(11-17)16(20)14-5-3-12(4-6-14)13-7-9-19(2)10-8-13;1-3-4-2;1-2/h3-6,13,15-16,18,20H,7-11H2,1-2H3;3-4H2,1-2H3;1-2H3. The Hall–Kier alpha value is -0.970. The Morgan fingerprint density at radius 2 is 1.62 bits per heavy atom. The van der Waals surface area contributed by atoms with Crippen LogP contribution in [0.3, 0.4) is 0 Å². The van der Waals surface area contributed by atoms with Gasteiger partial charge in [-0.3, -0.25) is 0 Å². The molecule has 0 aromatic heterocycles. The first-order chi connectivity index (χ1) is 12.6. The number of benzene rings is 1. The van der Waals surface area contributed by atoms with E-state index in [1.165, 1.54) is 31.2 Å². The van der Waals surface area contributed by atoms with Crippen molar-refractivity contribution in [3.05, 3.63) is 35.4 Å². The Morgan fingerprint density at radius 1 is 1.12 bits per heavy atom. The summed E-state index contributed by atoms with van der Waals surface area (Å²) in [6.45, 7) is 10.1. The van der Waals surface area contributed by atoms with Crippen molar-refractivity contribution in [3.63, 3.8) is 0 Å². The van der Waals surface area contributed by atoms with Crippen LogP contribution in [0.5, 0.6) is 0 Å². The molecule has 2 rings (SSSR count). The molecule has 2 atom stereocenters. The predicted molar refractivity (Wildman–Crippen MR) is 112 cm³/mol. The highest BCUT2D eigenvalue weighted by Crippen LogP contribution is 2.28. The molecule has 152 valence electrons. The lowest BCUT2D eigenvalue weighted by atomic mass is 9.88. The number of aliphatic hydroxyl groups excluding tert-OH is 1. The number of likely N-dealkylation sites (N-methyl/N-ethyl adjacent to an activating group) is 1. The zero-order valence-electron chi connectivity index (χ0n) is 17.8. The zero-order chi connectivity index (χ0) is 19.9. The molecule has 2 unspecified atom stereocenters. The van der Waals surface area contributed by atoms with E-state index in [0.717, 1.165) is 18.7 Å². The van der Waals surface area contributed by atoms with Crippen LogP contribution in [0.2, 0.25) is 0 Å². The number of hydrogen-bond donors (Lipinski definition) is 2. The minimum Gasteiger partial charge on any atom is -0.387 e. The fraction of sp³-hybridized carbons (Fsp3) is 0.727. The Labute approximate surface area is 161 Å². The molecule has 1 saturated heterocycles. The average molecular weight is 369 g/mol. The SMILES string of the molecule is CC.CCCC.CNC(CF)C(O)c1ccc(C2CCN(C)CC2)cc1. The van der Waals surface area contributed by atoms with E-state index in [1.807, 2.05) is 26.0 Å². The van der Waals surface area contributed by atoms with Gasteiger partial charge in [-0.2, -0.15) is 0 Å². The van der Waals surface area contributed by atoms with E-state index in [-0.39, 0.29) is 0 Å². The first-order valence-corrected chi connectivity index (χ1v) is 10.3. The number of unbranched alkanes of at least 4 members (excludes halogenated alkanes) is 1. The van der Waals surface area contributed by atoms with Crippen LogP contribution in [0.1, 0.15) is 76.5 Å². The molecular weight excluding hydrogens is 327 g/mol. The highest BCUT2D eigenvalue weighted by Gasteiger charge is 2.21. The van der Waals surface area contributed by atoms with Crippen LogP contribution in [0.4, 0.5) is 4.39 Å². The summed E-state index contributed by atoms with van der Waals surface area (Å²) in [4.78, 5) is 2.35. The number of likely N-dealkylation sites (tertiary alicyclic amines) is 1. The number of rotatable bonds is 6. The molecular formula is C22H41FN2O. The van der Waals surface area contributed by atoms with Gasteiger partial charge in [0.25, 0.3) is 0 Å². The van der Waals surface area contributed by atoms with E-state index in [0.29, 0.717) is 5.92 Å². The van der Waals surface area contributed by atoms with E-state index in [2.05, 4.69) is 43.2 Å². The summed E-state index contributed by atoms with van der Waals surface area (Å²) in [6.07, 6.45) is 4.21. The van der Waals surface area contributed by atoms with Crippen LogP contribution in [-0.2, 0) is 0 Å². The van der Waals surface area contributed by atoms with Crippen LogP contribution >= 0.6 is 0 Å². The molecule has 1 aromatic rings. The largest absolute Gasteiger partial charge is 0.387 e. The molecule has 0 saturated carbocycles. The third-order valence-corrected chi connectivity index (χ3v) is 4.89. The number of nitrogens with zero attached hydrogens (tertiary/aromatic N) is 1. The average Bonchev–Trinajstić information content (AvgIpc) is 2.71. The second kappa shape index (κ2) is 15.1. The summed E-state index contributed by atoms with van der Waals surface area (Å²) in [6, 6.07) is 7.49. The summed E-state index contributed by atoms with van der Waals surface area (Å²) in [5.41, 5.74) is 2.11. The number of piperidine rings is 1. The number of nitrogens with one attached hydrogen (secondary N) is 1. The lowest BCUT2D eigenvalue weighted by Gasteiger charge is -2.29. The van der Waals surface area contributed by atoms with E-state index >= 15 is 0 Å². The Bertz CT molecular complexity index is 424. The van der Waals surface area contributed by atoms with Crippen LogP contribution in [0.15, 0.2) is 24.3 Å². The second-order valence-corrected chi connectivity index (χ2v) is 6.74. The molecule has 1 heterocycles. The van der Waals surface area contributed by atoms with E-state index in [1.54, 1.807) is 7.05 Å². The van der Waals surface area contributed by atoms with Crippen molar-refractivity contribution in [3.8, 4) is 0 Å². The second-order valence-electron chi connectivity index (χ2n) is 6.74. The van der Waals surface area contributed by atoms with Crippen molar-refractivity contribution >= 4 is 0 Å². The molecule has 4 heteroatoms. The van der Waals surface area contributed by atoms with Gasteiger partial charge in [0.1, 0.15) is 6.67 Å². The van der Waals surface area contributed by atoms with Crippen LogP contribution < -0.4 is 5.32 Å². The first kappa shape index (κ1) is 25.0. The molecule has 1 aliphatic rings. The maximum atomic E-state index is 12.8. The van der Waals surface area contributed by atoms with Gasteiger partial charge in [-0.05, 0) is 57.1 Å². The van der Waals surface area contributed by atoms with Gasteiger partial charge in [-0.25, -0.2) is 4.39 Å². The maximum Gasteiger partial charge on any atom is 0.108 e. The van der Waals surface area contributed by atoms with Crippen LogP contribution in [-0.4, -0.2) is 49.9 Å². The molecule has 0 amide bonds. The van der Waals surface area contributed by atoms with Gasteiger partial charge >= 0.3 is 0 Å². The summed E-state index contributed by atoms with van der Waals surface area (Å²) in [7, 11) is 3.82. The van der Waals surface area contributed by atoms with Crippen LogP contribution in [0.25, 0.3) is 0 Å². The van der Waals surface area contributed by atoms with Gasteiger partial charge < -0.3 is 15.3 Å². The monoisotopic (exact) mass is 368 g/mol. The molecule has 2 N–H and O–H groups in total. The maximum absolute atomic E-state index is 12.8. The minimum absolute atomic E-state index is 0.538. The summed E-state index contributed by atoms with van der Waals surface area (Å²) < 4.78 is 12.8. The number of alkyl halides is 1. The topological polar surface area (TPSA) is 35.5 Å². The van der Waals surface area contributed by atoms with Gasteiger partial charge in [-0.15, -0.1) is 0 Å². The van der Waals surface area contributed by atoms with Crippen molar-refractivity contribution in [2.75, 3.05) is 33.9 Å². The molecule has 3 nitrogen and oxygen atoms in total. The zero-order valence-corrected chi connectivity index (χ0v) is 17.8. The van der Waals surface area contributed by atoms with Crippen molar-refractivity contribution < 1.29 is 9.50 Å². The summed E-state index contributed by atoms with van der Waals surface area (Å²) in [5.74, 6) is 0.610. The fourth-order valence-electron chi connectivity index (χ4n) is 2.86. The van der Waals surface area contributed by atoms with Crippen molar-refractivity contribution in [2.24, 2.45) is 0 Å². The highest BCUT2D eigenvalue weighted by molar-refractivity contribution is 5.28. The first-order valence-electron chi connectivity index (χ1n) is 10.3. The quantitative estimate of drug-likeness (QED) is 0.748. The minimum atomic E-state index is -0.795. The Kier molecular flexibility index (Phi) is 14.6. The fourth-order valence-corrected chi connectivity index (χ4v) is 2.86. The van der Waals surface area contributed by atoms with E-state index < -0.39 is 18.8 Å². The van der Waals surface area contributed by atoms with Crippen molar-refractivity contribution in [1.29, 1.82) is 0 Å².